The number of benzene rings is 2. The van der Waals surface area contributed by atoms with Gasteiger partial charge in [-0.25, -0.2) is 4.79 Å². The predicted molar refractivity (Wildman–Crippen MR) is 119 cm³/mol. The number of ether oxygens (including phenoxy) is 2. The second kappa shape index (κ2) is 8.83. The molecule has 1 aliphatic heterocycles. The van der Waals surface area contributed by atoms with Gasteiger partial charge in [-0.3, -0.25) is 0 Å². The van der Waals surface area contributed by atoms with Gasteiger partial charge in [-0.05, 0) is 81.2 Å². The molecule has 1 saturated carbocycles. The third-order valence-electron chi connectivity index (χ3n) is 6.15. The van der Waals surface area contributed by atoms with Crippen molar-refractivity contribution >= 4 is 16.9 Å². The molecule has 1 saturated heterocycles. The van der Waals surface area contributed by atoms with Gasteiger partial charge in [-0.15, -0.1) is 0 Å². The summed E-state index contributed by atoms with van der Waals surface area (Å²) in [5.41, 5.74) is 2.84. The highest BCUT2D eigenvalue weighted by atomic mass is 32.2. The summed E-state index contributed by atoms with van der Waals surface area (Å²) in [4.78, 5) is 14.1. The third-order valence-corrected chi connectivity index (χ3v) is 8.62. The Morgan fingerprint density at radius 3 is 2.21 bits per heavy atom. The van der Waals surface area contributed by atoms with Crippen molar-refractivity contribution in [3.63, 3.8) is 0 Å². The fourth-order valence-corrected chi connectivity index (χ4v) is 7.18. The van der Waals surface area contributed by atoms with E-state index in [1.807, 2.05) is 18.2 Å². The summed E-state index contributed by atoms with van der Waals surface area (Å²) in [6, 6.07) is 14.7. The lowest BCUT2D eigenvalue weighted by molar-refractivity contribution is -0.163. The predicted octanol–water partition coefficient (Wildman–Crippen LogP) is 5.47. The zero-order valence-electron chi connectivity index (χ0n) is 17.5. The van der Waals surface area contributed by atoms with Crippen molar-refractivity contribution in [3.05, 3.63) is 59.2 Å². The normalized spacial score (nSPS) is 18.7. The van der Waals surface area contributed by atoms with Crippen molar-refractivity contribution < 1.29 is 14.3 Å². The Hall–Kier alpha value is -1.94. The average molecular weight is 412 g/mol. The smallest absolute Gasteiger partial charge is 0.345 e. The maximum atomic E-state index is 12.7. The van der Waals surface area contributed by atoms with Crippen molar-refractivity contribution in [1.82, 2.24) is 0 Å². The van der Waals surface area contributed by atoms with Crippen molar-refractivity contribution in [3.8, 4) is 5.75 Å². The molecule has 0 atom stereocenters. The Morgan fingerprint density at radius 2 is 1.59 bits per heavy atom. The van der Waals surface area contributed by atoms with Crippen LogP contribution in [0.5, 0.6) is 5.75 Å². The number of carbonyl (C=O) groups excluding carboxylic acids is 1. The van der Waals surface area contributed by atoms with Gasteiger partial charge in [0.1, 0.15) is 22.9 Å². The molecule has 0 amide bonds. The molecule has 2 aliphatic rings. The van der Waals surface area contributed by atoms with Crippen LogP contribution in [0.25, 0.3) is 0 Å². The molecule has 4 heteroatoms. The van der Waals surface area contributed by atoms with E-state index in [0.717, 1.165) is 48.1 Å². The molecular formula is C25H31O3S+. The quantitative estimate of drug-likeness (QED) is 0.467. The van der Waals surface area contributed by atoms with Gasteiger partial charge in [0.2, 0.25) is 0 Å². The van der Waals surface area contributed by atoms with Crippen LogP contribution in [-0.4, -0.2) is 24.1 Å². The van der Waals surface area contributed by atoms with E-state index in [4.69, 9.17) is 9.47 Å². The number of aryl methyl sites for hydroxylation is 2. The zero-order chi connectivity index (χ0) is 20.3. The maximum absolute atomic E-state index is 12.7. The Morgan fingerprint density at radius 1 is 0.966 bits per heavy atom. The molecule has 3 nitrogen and oxygen atoms in total. The topological polar surface area (TPSA) is 35.5 Å². The van der Waals surface area contributed by atoms with E-state index in [2.05, 4.69) is 38.1 Å². The van der Waals surface area contributed by atoms with Crippen molar-refractivity contribution in [2.45, 2.75) is 62.9 Å². The van der Waals surface area contributed by atoms with Gasteiger partial charge < -0.3 is 9.47 Å². The standard InChI is InChI=1S/C25H31O3S/c1-19-16-22(29-14-8-9-15-29)17-20(2)24(19)27-18-23(26)28-25(12-6-7-13-25)21-10-4-3-5-11-21/h3-5,10-11,16-17H,6-9,12-15,18H2,1-2H3/q+1. The highest BCUT2D eigenvalue weighted by Gasteiger charge is 2.39. The lowest BCUT2D eigenvalue weighted by Crippen LogP contribution is -2.31. The lowest BCUT2D eigenvalue weighted by atomic mass is 9.92. The summed E-state index contributed by atoms with van der Waals surface area (Å²) < 4.78 is 12.0. The SMILES string of the molecule is Cc1cc([S+]2CCCC2)cc(C)c1OCC(=O)OC1(c2ccccc2)CCCC1. The molecule has 1 aliphatic carbocycles. The van der Waals surface area contributed by atoms with Crippen LogP contribution in [-0.2, 0) is 26.0 Å². The van der Waals surface area contributed by atoms with Gasteiger partial charge in [-0.1, -0.05) is 30.3 Å². The molecular weight excluding hydrogens is 380 g/mol. The molecule has 154 valence electrons. The molecule has 0 aromatic heterocycles. The van der Waals surface area contributed by atoms with Gasteiger partial charge in [0.05, 0.1) is 0 Å². The molecule has 29 heavy (non-hydrogen) atoms. The number of rotatable bonds is 6. The van der Waals surface area contributed by atoms with Crippen LogP contribution in [0, 0.1) is 13.8 Å². The largest absolute Gasteiger partial charge is 0.481 e. The van der Waals surface area contributed by atoms with Gasteiger partial charge in [0.25, 0.3) is 0 Å². The first kappa shape index (κ1) is 20.3. The second-order valence-electron chi connectivity index (χ2n) is 8.32. The van der Waals surface area contributed by atoms with Crippen molar-refractivity contribution in [1.29, 1.82) is 0 Å². The monoisotopic (exact) mass is 411 g/mol. The van der Waals surface area contributed by atoms with Gasteiger partial charge in [0, 0.05) is 10.9 Å². The maximum Gasteiger partial charge on any atom is 0.345 e. The summed E-state index contributed by atoms with van der Waals surface area (Å²) in [6.07, 6.45) is 6.63. The molecule has 0 bridgehead atoms. The summed E-state index contributed by atoms with van der Waals surface area (Å²) in [5, 5.41) is 0. The van der Waals surface area contributed by atoms with Crippen LogP contribution in [0.15, 0.2) is 47.4 Å². The van der Waals surface area contributed by atoms with Crippen molar-refractivity contribution in [2.24, 2.45) is 0 Å². The van der Waals surface area contributed by atoms with Crippen LogP contribution in [0.2, 0.25) is 0 Å². The third kappa shape index (κ3) is 4.48. The van der Waals surface area contributed by atoms with E-state index in [0.29, 0.717) is 10.9 Å². The fourth-order valence-electron chi connectivity index (χ4n) is 4.71. The van der Waals surface area contributed by atoms with E-state index < -0.39 is 5.60 Å². The minimum absolute atomic E-state index is 0.0404. The Kier molecular flexibility index (Phi) is 6.19. The Bertz CT molecular complexity index is 827. The molecule has 2 fully saturated rings. The minimum Gasteiger partial charge on any atom is -0.481 e. The molecule has 1 heterocycles. The van der Waals surface area contributed by atoms with E-state index >= 15 is 0 Å². The summed E-state index contributed by atoms with van der Waals surface area (Å²) >= 11 is 0. The molecule has 0 radical (unpaired) electrons. The van der Waals surface area contributed by atoms with E-state index in [9.17, 15) is 4.79 Å². The fraction of sp³-hybridized carbons (Fsp3) is 0.480. The summed E-state index contributed by atoms with van der Waals surface area (Å²) in [5.74, 6) is 3.17. The van der Waals surface area contributed by atoms with Crippen molar-refractivity contribution in [2.75, 3.05) is 18.1 Å². The molecule has 2 aromatic carbocycles. The van der Waals surface area contributed by atoms with E-state index in [1.54, 1.807) is 0 Å². The first-order valence-corrected chi connectivity index (χ1v) is 12.3. The first-order chi connectivity index (χ1) is 14.1. The van der Waals surface area contributed by atoms with Crippen LogP contribution < -0.4 is 4.74 Å². The Labute approximate surface area is 177 Å². The first-order valence-electron chi connectivity index (χ1n) is 10.8. The van der Waals surface area contributed by atoms with E-state index in [-0.39, 0.29) is 12.6 Å². The highest BCUT2D eigenvalue weighted by Crippen LogP contribution is 2.42. The molecule has 0 unspecified atom stereocenters. The van der Waals surface area contributed by atoms with Gasteiger partial charge in [-0.2, -0.15) is 0 Å². The number of hydrogen-bond donors (Lipinski definition) is 0. The Balaban J connectivity index is 1.43. The number of carbonyl (C=O) groups is 1. The molecule has 4 rings (SSSR count). The zero-order valence-corrected chi connectivity index (χ0v) is 18.4. The molecule has 0 spiro atoms. The van der Waals surface area contributed by atoms with Gasteiger partial charge in [0.15, 0.2) is 11.5 Å². The number of hydrogen-bond acceptors (Lipinski definition) is 3. The highest BCUT2D eigenvalue weighted by molar-refractivity contribution is 7.97. The molecule has 2 aromatic rings. The summed E-state index contributed by atoms with van der Waals surface area (Å²) in [7, 11) is 0.390. The second-order valence-corrected chi connectivity index (χ2v) is 10.6. The van der Waals surface area contributed by atoms with Crippen LogP contribution in [0.3, 0.4) is 0 Å². The lowest BCUT2D eigenvalue weighted by Gasteiger charge is -2.29. The number of esters is 1. The molecule has 0 N–H and O–H groups in total. The van der Waals surface area contributed by atoms with E-state index in [1.165, 1.54) is 29.2 Å². The average Bonchev–Trinajstić information content (AvgIpc) is 3.41. The van der Waals surface area contributed by atoms with Gasteiger partial charge >= 0.3 is 5.97 Å². The van der Waals surface area contributed by atoms with Crippen LogP contribution in [0.4, 0.5) is 0 Å². The minimum atomic E-state index is -0.487. The summed E-state index contributed by atoms with van der Waals surface area (Å²) in [6.45, 7) is 4.12. The van der Waals surface area contributed by atoms with Crippen LogP contribution in [0.1, 0.15) is 55.2 Å². The van der Waals surface area contributed by atoms with Crippen LogP contribution >= 0.6 is 0 Å².